The zero-order valence-corrected chi connectivity index (χ0v) is 26.2. The Bertz CT molecular complexity index is 2230. The highest BCUT2D eigenvalue weighted by Crippen LogP contribution is 2.38. The second-order valence-electron chi connectivity index (χ2n) is 11.2. The number of morpholine rings is 2. The van der Waals surface area contributed by atoms with Crippen LogP contribution in [-0.4, -0.2) is 76.7 Å². The molecule has 230 valence electrons. The first-order chi connectivity index (χ1) is 22.7. The third-order valence-electron chi connectivity index (χ3n) is 8.53. The van der Waals surface area contributed by atoms with Gasteiger partial charge in [-0.15, -0.1) is 22.7 Å². The summed E-state index contributed by atoms with van der Waals surface area (Å²) in [6.07, 6.45) is 0. The SMILES string of the molecule is O=c1c2sc3nc4sc5c(=O)n(-c6ccccc6)c(N6CCOCC6)nc5c4cc3c2nc(N2CCOCC2)n1-c1ccccc1. The average molecular weight is 650 g/mol. The van der Waals surface area contributed by atoms with Crippen molar-refractivity contribution in [1.82, 2.24) is 24.1 Å². The zero-order valence-electron chi connectivity index (χ0n) is 24.6. The molecule has 0 radical (unpaired) electrons. The van der Waals surface area contributed by atoms with Crippen LogP contribution in [0, 0.1) is 0 Å². The number of anilines is 2. The first kappa shape index (κ1) is 27.6. The number of hydrogen-bond acceptors (Lipinski definition) is 11. The van der Waals surface area contributed by atoms with Crippen molar-refractivity contribution >= 4 is 75.4 Å². The van der Waals surface area contributed by atoms with Crippen LogP contribution in [0.1, 0.15) is 0 Å². The largest absolute Gasteiger partial charge is 0.378 e. The summed E-state index contributed by atoms with van der Waals surface area (Å²) in [5.74, 6) is 1.17. The van der Waals surface area contributed by atoms with Gasteiger partial charge in [-0.1, -0.05) is 36.4 Å². The monoisotopic (exact) mass is 649 g/mol. The third-order valence-corrected chi connectivity index (χ3v) is 10.7. The molecule has 2 aliphatic rings. The van der Waals surface area contributed by atoms with E-state index in [1.165, 1.54) is 22.7 Å². The van der Waals surface area contributed by atoms with Gasteiger partial charge in [0.25, 0.3) is 11.1 Å². The van der Waals surface area contributed by atoms with E-state index in [0.717, 1.165) is 22.1 Å². The van der Waals surface area contributed by atoms with Crippen LogP contribution in [0.15, 0.2) is 76.3 Å². The Kier molecular flexibility index (Phi) is 6.59. The number of thiophene rings is 2. The predicted molar refractivity (Wildman–Crippen MR) is 183 cm³/mol. The summed E-state index contributed by atoms with van der Waals surface area (Å²) in [5, 5.41) is 1.56. The second-order valence-corrected chi connectivity index (χ2v) is 13.2. The number of ether oxygens (including phenoxy) is 2. The van der Waals surface area contributed by atoms with Gasteiger partial charge in [0.15, 0.2) is 0 Å². The van der Waals surface area contributed by atoms with E-state index in [9.17, 15) is 9.59 Å². The van der Waals surface area contributed by atoms with Crippen molar-refractivity contribution in [3.05, 3.63) is 87.4 Å². The minimum absolute atomic E-state index is 0.132. The normalized spacial score (nSPS) is 15.9. The number of benzene rings is 2. The van der Waals surface area contributed by atoms with Gasteiger partial charge in [-0.05, 0) is 30.3 Å². The summed E-state index contributed by atoms with van der Waals surface area (Å²) in [4.78, 5) is 49.4. The van der Waals surface area contributed by atoms with Crippen molar-refractivity contribution in [3.63, 3.8) is 0 Å². The van der Waals surface area contributed by atoms with Gasteiger partial charge < -0.3 is 19.3 Å². The first-order valence-corrected chi connectivity index (χ1v) is 16.8. The molecule has 7 aromatic rings. The molecular formula is C33H27N7O4S2. The van der Waals surface area contributed by atoms with E-state index in [4.69, 9.17) is 24.4 Å². The minimum Gasteiger partial charge on any atom is -0.378 e. The van der Waals surface area contributed by atoms with Crippen LogP contribution in [0.3, 0.4) is 0 Å². The zero-order chi connectivity index (χ0) is 30.8. The quantitative estimate of drug-likeness (QED) is 0.271. The van der Waals surface area contributed by atoms with Crippen LogP contribution < -0.4 is 20.9 Å². The molecule has 0 bridgehead atoms. The summed E-state index contributed by atoms with van der Waals surface area (Å²) in [7, 11) is 0. The summed E-state index contributed by atoms with van der Waals surface area (Å²) >= 11 is 2.68. The van der Waals surface area contributed by atoms with E-state index >= 15 is 0 Å². The lowest BCUT2D eigenvalue weighted by molar-refractivity contribution is 0.121. The number of fused-ring (bicyclic) bond motifs is 6. The molecule has 2 saturated heterocycles. The molecule has 13 heteroatoms. The molecule has 0 N–H and O–H groups in total. The molecule has 9 rings (SSSR count). The van der Waals surface area contributed by atoms with Gasteiger partial charge in [0, 0.05) is 37.0 Å². The molecule has 11 nitrogen and oxygen atoms in total. The van der Waals surface area contributed by atoms with Gasteiger partial charge in [0.1, 0.15) is 30.1 Å². The van der Waals surface area contributed by atoms with Crippen molar-refractivity contribution in [3.8, 4) is 11.4 Å². The highest BCUT2D eigenvalue weighted by atomic mass is 32.1. The number of para-hydroxylation sites is 2. The molecule has 0 unspecified atom stereocenters. The fourth-order valence-corrected chi connectivity index (χ4v) is 8.39. The molecule has 0 aliphatic carbocycles. The number of nitrogens with zero attached hydrogens (tertiary/aromatic N) is 7. The third kappa shape index (κ3) is 4.34. The lowest BCUT2D eigenvalue weighted by atomic mass is 10.2. The standard InChI is InChI=1S/C33H27N7O4S2/c41-30-26-24(34-32(37-11-15-43-16-12-37)39(30)20-7-3-1-4-8-20)22-19-23-25-27(46-29(23)36-28(22)45-26)31(42)40(21-9-5-2-6-10-21)33(35-25)38-13-17-44-18-14-38/h1-10,19H,11-18H2. The number of pyridine rings is 1. The summed E-state index contributed by atoms with van der Waals surface area (Å²) in [6.45, 7) is 4.78. The predicted octanol–water partition coefficient (Wildman–Crippen LogP) is 4.58. The molecule has 7 heterocycles. The maximum atomic E-state index is 14.2. The van der Waals surface area contributed by atoms with Crippen LogP contribution >= 0.6 is 22.7 Å². The smallest absolute Gasteiger partial charge is 0.277 e. The Morgan fingerprint density at radius 3 is 1.39 bits per heavy atom. The van der Waals surface area contributed by atoms with E-state index in [1.54, 1.807) is 9.13 Å². The topological polar surface area (TPSA) is 108 Å². The van der Waals surface area contributed by atoms with Gasteiger partial charge in [0.05, 0.1) is 37.8 Å². The van der Waals surface area contributed by atoms with Gasteiger partial charge >= 0.3 is 0 Å². The Hall–Kier alpha value is -4.69. The van der Waals surface area contributed by atoms with Crippen molar-refractivity contribution in [1.29, 1.82) is 0 Å². The van der Waals surface area contributed by atoms with E-state index in [-0.39, 0.29) is 11.1 Å². The highest BCUT2D eigenvalue weighted by molar-refractivity contribution is 7.27. The summed E-state index contributed by atoms with van der Waals surface area (Å²) < 4.78 is 15.7. The molecule has 2 aromatic carbocycles. The Morgan fingerprint density at radius 1 is 0.565 bits per heavy atom. The summed E-state index contributed by atoms with van der Waals surface area (Å²) in [6, 6.07) is 21.3. The number of rotatable bonds is 4. The molecule has 0 spiro atoms. The first-order valence-electron chi connectivity index (χ1n) is 15.2. The Morgan fingerprint density at radius 2 is 0.978 bits per heavy atom. The van der Waals surface area contributed by atoms with Gasteiger partial charge in [0.2, 0.25) is 11.9 Å². The van der Waals surface area contributed by atoms with Crippen LogP contribution in [-0.2, 0) is 9.47 Å². The van der Waals surface area contributed by atoms with E-state index < -0.39 is 0 Å². The number of hydrogen-bond donors (Lipinski definition) is 0. The number of aromatic nitrogens is 5. The average Bonchev–Trinajstić information content (AvgIpc) is 3.66. The molecule has 2 fully saturated rings. The fraction of sp³-hybridized carbons (Fsp3) is 0.242. The van der Waals surface area contributed by atoms with Crippen LogP contribution in [0.2, 0.25) is 0 Å². The molecule has 2 aliphatic heterocycles. The molecule has 46 heavy (non-hydrogen) atoms. The molecule has 0 saturated carbocycles. The van der Waals surface area contributed by atoms with Crippen LogP contribution in [0.4, 0.5) is 11.9 Å². The van der Waals surface area contributed by atoms with Crippen molar-refractivity contribution in [2.24, 2.45) is 0 Å². The lowest BCUT2D eigenvalue weighted by Gasteiger charge is -2.29. The van der Waals surface area contributed by atoms with Gasteiger partial charge in [-0.2, -0.15) is 0 Å². The Balaban J connectivity index is 1.31. The Labute approximate surface area is 269 Å². The summed E-state index contributed by atoms with van der Waals surface area (Å²) in [5.41, 5.74) is 2.47. The van der Waals surface area contributed by atoms with Crippen molar-refractivity contribution in [2.75, 3.05) is 62.4 Å². The maximum Gasteiger partial charge on any atom is 0.277 e. The van der Waals surface area contributed by atoms with Crippen molar-refractivity contribution < 1.29 is 9.47 Å². The molecule has 5 aromatic heterocycles. The van der Waals surface area contributed by atoms with E-state index in [1.807, 2.05) is 66.7 Å². The molecular weight excluding hydrogens is 623 g/mol. The molecule has 0 atom stereocenters. The fourth-order valence-electron chi connectivity index (χ4n) is 6.28. The van der Waals surface area contributed by atoms with E-state index in [0.29, 0.717) is 94.6 Å². The van der Waals surface area contributed by atoms with E-state index in [2.05, 4.69) is 9.80 Å². The van der Waals surface area contributed by atoms with Crippen LogP contribution in [0.5, 0.6) is 0 Å². The highest BCUT2D eigenvalue weighted by Gasteiger charge is 2.26. The van der Waals surface area contributed by atoms with Crippen molar-refractivity contribution in [2.45, 2.75) is 0 Å². The van der Waals surface area contributed by atoms with Gasteiger partial charge in [-0.3, -0.25) is 9.59 Å². The minimum atomic E-state index is -0.132. The maximum absolute atomic E-state index is 14.2. The second kappa shape index (κ2) is 11.0. The van der Waals surface area contributed by atoms with Gasteiger partial charge in [-0.25, -0.2) is 24.1 Å². The molecule has 0 amide bonds. The van der Waals surface area contributed by atoms with Crippen LogP contribution in [0.25, 0.3) is 52.2 Å². The lowest BCUT2D eigenvalue weighted by Crippen LogP contribution is -2.40.